The fraction of sp³-hybridized carbons (Fsp3) is 0. The quantitative estimate of drug-likeness (QED) is 0.216. The van der Waals surface area contributed by atoms with E-state index in [1.54, 1.807) is 12.1 Å². The van der Waals surface area contributed by atoms with E-state index < -0.39 is 7.81 Å². The van der Waals surface area contributed by atoms with Crippen LogP contribution < -0.4 is 0 Å². The molecule has 1 aromatic carbocycles. The first-order chi connectivity index (χ1) is 8.75. The largest absolute Gasteiger partial charge is 0.0312 e. The number of halogens is 8. The van der Waals surface area contributed by atoms with Crippen molar-refractivity contribution in [1.82, 2.24) is 0 Å². The van der Waals surface area contributed by atoms with Gasteiger partial charge >= 0.3 is 33.0 Å². The zero-order chi connectivity index (χ0) is 15.9. The van der Waals surface area contributed by atoms with Crippen molar-refractivity contribution < 1.29 is 44.7 Å². The van der Waals surface area contributed by atoms with E-state index in [4.69, 9.17) is 23.2 Å². The minimum atomic E-state index is -10.7. The molecule has 0 aromatic heterocycles. The fourth-order valence-electron chi connectivity index (χ4n) is 0.760. The molecule has 0 aliphatic heterocycles. The van der Waals surface area contributed by atoms with Crippen molar-refractivity contribution in [2.45, 2.75) is 0 Å². The monoisotopic (exact) mass is 458 g/mol. The SMILES string of the molecule is Clc1ccccc1Cl.F[P-](F)(F)(F)(F)F.[CH]1[CH][CH][CH][CH]1.[Ru]. The Kier molecular flexibility index (Phi) is 9.40. The van der Waals surface area contributed by atoms with Gasteiger partial charge in [0.15, 0.2) is 0 Å². The third-order valence-corrected chi connectivity index (χ3v) is 2.14. The predicted octanol–water partition coefficient (Wildman–Crippen LogP) is 7.39. The van der Waals surface area contributed by atoms with Crippen molar-refractivity contribution >= 4 is 31.0 Å². The third kappa shape index (κ3) is 25.7. The maximum Gasteiger partial charge on any atom is 0 e. The number of hydrogen-bond acceptors (Lipinski definition) is 0. The smallest absolute Gasteiger partial charge is 0 e. The number of hydrogen-bond donors (Lipinski definition) is 0. The molecule has 0 unspecified atom stereocenters. The van der Waals surface area contributed by atoms with E-state index in [-0.39, 0.29) is 19.5 Å². The predicted molar refractivity (Wildman–Crippen MR) is 71.5 cm³/mol. The van der Waals surface area contributed by atoms with Gasteiger partial charge in [-0.25, -0.2) is 0 Å². The normalized spacial score (nSPS) is 17.0. The van der Waals surface area contributed by atoms with Crippen molar-refractivity contribution in [1.29, 1.82) is 0 Å². The van der Waals surface area contributed by atoms with Gasteiger partial charge in [-0.3, -0.25) is 0 Å². The number of rotatable bonds is 0. The molecular weight excluding hydrogens is 449 g/mol. The topological polar surface area (TPSA) is 0 Å². The molecule has 0 saturated heterocycles. The Bertz CT molecular complexity index is 379. The second-order valence-corrected chi connectivity index (χ2v) is 6.07. The number of benzene rings is 1. The molecule has 1 aromatic rings. The van der Waals surface area contributed by atoms with Crippen LogP contribution in [0.25, 0.3) is 0 Å². The van der Waals surface area contributed by atoms with Crippen LogP contribution in [0.5, 0.6) is 0 Å². The van der Waals surface area contributed by atoms with Gasteiger partial charge in [0, 0.05) is 19.5 Å². The molecule has 1 aliphatic carbocycles. The van der Waals surface area contributed by atoms with Gasteiger partial charge in [-0.15, -0.1) is 0 Å². The molecule has 2 rings (SSSR count). The maximum atomic E-state index is 9.87. The summed E-state index contributed by atoms with van der Waals surface area (Å²) in [6, 6.07) is 7.19. The van der Waals surface area contributed by atoms with Gasteiger partial charge in [0.25, 0.3) is 0 Å². The molecule has 0 atom stereocenters. The molecule has 1 saturated carbocycles. The average Bonchev–Trinajstić information content (AvgIpc) is 2.76. The van der Waals surface area contributed by atoms with Gasteiger partial charge in [-0.05, 0) is 44.2 Å². The second-order valence-electron chi connectivity index (χ2n) is 3.33. The third-order valence-electron chi connectivity index (χ3n) is 1.38. The molecule has 21 heavy (non-hydrogen) atoms. The zero-order valence-electron chi connectivity index (χ0n) is 10.0. The average molecular weight is 458 g/mol. The molecule has 10 heteroatoms. The van der Waals surface area contributed by atoms with Crippen molar-refractivity contribution in [3.63, 3.8) is 0 Å². The summed E-state index contributed by atoms with van der Waals surface area (Å²) in [5.41, 5.74) is 0. The van der Waals surface area contributed by atoms with Gasteiger partial charge in [0.1, 0.15) is 0 Å². The van der Waals surface area contributed by atoms with Crippen molar-refractivity contribution in [3.05, 3.63) is 66.4 Å². The Morgan fingerprint density at radius 1 is 0.619 bits per heavy atom. The van der Waals surface area contributed by atoms with E-state index in [0.717, 1.165) is 0 Å². The van der Waals surface area contributed by atoms with Crippen molar-refractivity contribution in [3.8, 4) is 0 Å². The summed E-state index contributed by atoms with van der Waals surface area (Å²) in [6.45, 7) is 0. The van der Waals surface area contributed by atoms with Crippen molar-refractivity contribution in [2.75, 3.05) is 0 Å². The Morgan fingerprint density at radius 3 is 0.952 bits per heavy atom. The Balaban J connectivity index is 0. The van der Waals surface area contributed by atoms with Gasteiger partial charge in [0.05, 0.1) is 10.0 Å². The van der Waals surface area contributed by atoms with Crippen LogP contribution in [0.1, 0.15) is 0 Å². The first kappa shape index (κ1) is 23.7. The summed E-state index contributed by atoms with van der Waals surface area (Å²) in [5, 5.41) is 1.21. The first-order valence-corrected chi connectivity index (χ1v) is 7.67. The van der Waals surface area contributed by atoms with Crippen LogP contribution in [0, 0.1) is 32.1 Å². The Hall–Kier alpha value is 0.433. The van der Waals surface area contributed by atoms with E-state index in [9.17, 15) is 25.2 Å². The summed E-state index contributed by atoms with van der Waals surface area (Å²) in [7, 11) is -10.7. The van der Waals surface area contributed by atoms with Crippen LogP contribution in [0.15, 0.2) is 24.3 Å². The molecule has 0 N–H and O–H groups in total. The van der Waals surface area contributed by atoms with Crippen LogP contribution in [-0.4, -0.2) is 0 Å². The minimum Gasteiger partial charge on any atom is -0.0312 e. The van der Waals surface area contributed by atoms with E-state index in [1.807, 2.05) is 44.2 Å². The summed E-state index contributed by atoms with van der Waals surface area (Å²) in [4.78, 5) is 0. The summed E-state index contributed by atoms with van der Waals surface area (Å²) < 4.78 is 59.2. The van der Waals surface area contributed by atoms with Crippen molar-refractivity contribution in [2.24, 2.45) is 0 Å². The van der Waals surface area contributed by atoms with Crippen LogP contribution in [0.2, 0.25) is 10.0 Å². The minimum absolute atomic E-state index is 0. The maximum absolute atomic E-state index is 10.7. The van der Waals surface area contributed by atoms with E-state index >= 15 is 0 Å². The van der Waals surface area contributed by atoms with Crippen LogP contribution in [-0.2, 0) is 19.5 Å². The van der Waals surface area contributed by atoms with Gasteiger partial charge in [-0.1, -0.05) is 35.3 Å². The fourth-order valence-corrected chi connectivity index (χ4v) is 1.03. The molecule has 0 nitrogen and oxygen atoms in total. The molecule has 1 fully saturated rings. The molecule has 5 radical (unpaired) electrons. The Morgan fingerprint density at radius 2 is 0.810 bits per heavy atom. The molecule has 0 heterocycles. The van der Waals surface area contributed by atoms with Crippen LogP contribution in [0.3, 0.4) is 0 Å². The molecule has 0 amide bonds. The zero-order valence-corrected chi connectivity index (χ0v) is 14.2. The van der Waals surface area contributed by atoms with E-state index in [1.165, 1.54) is 0 Å². The standard InChI is InChI=1S/C6H4Cl2.C5H5.F6P.Ru/c7-5-3-1-2-4-6(5)8;1-2-4-5-3-1;1-7(2,3,4,5)6;/h1-4H;1-5H;;/q;;-1;. The van der Waals surface area contributed by atoms with Gasteiger partial charge in [-0.2, -0.15) is 0 Å². The molecule has 0 spiro atoms. The molecule has 0 bridgehead atoms. The second kappa shape index (κ2) is 8.33. The summed E-state index contributed by atoms with van der Waals surface area (Å²) in [6.07, 6.45) is 10.0. The summed E-state index contributed by atoms with van der Waals surface area (Å²) >= 11 is 11.2. The van der Waals surface area contributed by atoms with Gasteiger partial charge < -0.3 is 0 Å². The van der Waals surface area contributed by atoms with Gasteiger partial charge in [0.2, 0.25) is 0 Å². The molecular formula is C11H9Cl2F6PRu-. The Labute approximate surface area is 142 Å². The summed E-state index contributed by atoms with van der Waals surface area (Å²) in [5.74, 6) is 0. The van der Waals surface area contributed by atoms with Crippen LogP contribution in [0.4, 0.5) is 25.2 Å². The molecule has 123 valence electrons. The van der Waals surface area contributed by atoms with Crippen LogP contribution >= 0.6 is 31.0 Å². The van der Waals surface area contributed by atoms with E-state index in [2.05, 4.69) is 0 Å². The molecule has 1 aliphatic rings. The first-order valence-electron chi connectivity index (χ1n) is 4.89. The van der Waals surface area contributed by atoms with E-state index in [0.29, 0.717) is 10.0 Å².